The fourth-order valence-electron chi connectivity index (χ4n) is 2.38. The minimum atomic E-state index is -0.611. The van der Waals surface area contributed by atoms with Crippen LogP contribution in [0.1, 0.15) is 29.7 Å². The number of likely N-dealkylation sites (N-methyl/N-ethyl adjacent to an activating group) is 1. The highest BCUT2D eigenvalue weighted by Gasteiger charge is 2.18. The Bertz CT molecular complexity index is 407. The Balaban J connectivity index is 2.94. The zero-order valence-electron chi connectivity index (χ0n) is 12.3. The lowest BCUT2D eigenvalue weighted by molar-refractivity contribution is 0.101. The zero-order chi connectivity index (χ0) is 14.4. The summed E-state index contributed by atoms with van der Waals surface area (Å²) in [6.45, 7) is 7.97. The summed E-state index contributed by atoms with van der Waals surface area (Å²) >= 11 is 0. The lowest BCUT2D eigenvalue weighted by Crippen LogP contribution is -2.31. The van der Waals surface area contributed by atoms with Gasteiger partial charge in [-0.25, -0.2) is 0 Å². The summed E-state index contributed by atoms with van der Waals surface area (Å²) in [6.07, 6.45) is -0.611. The maximum Gasteiger partial charge on any atom is 0.127 e. The SMILES string of the molecule is CCN(CCO)CC(O)c1cc(C)cc(C)c1OC. The van der Waals surface area contributed by atoms with E-state index < -0.39 is 6.10 Å². The molecule has 4 nitrogen and oxygen atoms in total. The van der Waals surface area contributed by atoms with Crippen LogP contribution in [0.2, 0.25) is 0 Å². The van der Waals surface area contributed by atoms with Gasteiger partial charge in [-0.05, 0) is 32.0 Å². The summed E-state index contributed by atoms with van der Waals surface area (Å²) < 4.78 is 5.40. The molecule has 0 amide bonds. The number of rotatable bonds is 7. The van der Waals surface area contributed by atoms with E-state index in [9.17, 15) is 5.11 Å². The Morgan fingerprint density at radius 2 is 2.00 bits per heavy atom. The van der Waals surface area contributed by atoms with Crippen molar-refractivity contribution < 1.29 is 14.9 Å². The van der Waals surface area contributed by atoms with Crippen molar-refractivity contribution in [1.29, 1.82) is 0 Å². The van der Waals surface area contributed by atoms with E-state index in [2.05, 4.69) is 0 Å². The molecule has 1 aromatic carbocycles. The van der Waals surface area contributed by atoms with Crippen molar-refractivity contribution in [3.05, 3.63) is 28.8 Å². The molecule has 1 unspecified atom stereocenters. The molecule has 4 heteroatoms. The van der Waals surface area contributed by atoms with E-state index in [1.807, 2.05) is 37.8 Å². The van der Waals surface area contributed by atoms with Crippen molar-refractivity contribution in [2.75, 3.05) is 33.4 Å². The van der Waals surface area contributed by atoms with E-state index in [4.69, 9.17) is 9.84 Å². The molecule has 0 aliphatic rings. The monoisotopic (exact) mass is 267 g/mol. The number of aliphatic hydroxyl groups is 2. The highest BCUT2D eigenvalue weighted by Crippen LogP contribution is 2.30. The third-order valence-corrected chi connectivity index (χ3v) is 3.31. The van der Waals surface area contributed by atoms with Gasteiger partial charge in [0.25, 0.3) is 0 Å². The minimum absolute atomic E-state index is 0.102. The van der Waals surface area contributed by atoms with Gasteiger partial charge in [-0.1, -0.05) is 18.6 Å². The molecule has 2 N–H and O–H groups in total. The Hall–Kier alpha value is -1.10. The average Bonchev–Trinajstić information content (AvgIpc) is 2.37. The molecule has 0 radical (unpaired) electrons. The van der Waals surface area contributed by atoms with E-state index in [1.165, 1.54) is 0 Å². The van der Waals surface area contributed by atoms with Crippen molar-refractivity contribution in [2.24, 2.45) is 0 Å². The number of methoxy groups -OCH3 is 1. The number of aryl methyl sites for hydroxylation is 2. The van der Waals surface area contributed by atoms with Crippen LogP contribution < -0.4 is 4.74 Å². The van der Waals surface area contributed by atoms with Crippen molar-refractivity contribution in [3.8, 4) is 5.75 Å². The van der Waals surface area contributed by atoms with Crippen LogP contribution in [-0.2, 0) is 0 Å². The second kappa shape index (κ2) is 7.48. The standard InChI is InChI=1S/C15H25NO3/c1-5-16(6-7-17)10-14(18)13-9-11(2)8-12(3)15(13)19-4/h8-9,14,17-18H,5-7,10H2,1-4H3. The van der Waals surface area contributed by atoms with E-state index >= 15 is 0 Å². The molecule has 0 aliphatic carbocycles. The van der Waals surface area contributed by atoms with Gasteiger partial charge in [0.1, 0.15) is 5.75 Å². The third-order valence-electron chi connectivity index (χ3n) is 3.31. The first-order valence-electron chi connectivity index (χ1n) is 6.69. The smallest absolute Gasteiger partial charge is 0.127 e. The highest BCUT2D eigenvalue weighted by atomic mass is 16.5. The normalized spacial score (nSPS) is 12.8. The van der Waals surface area contributed by atoms with Crippen LogP contribution in [0.15, 0.2) is 12.1 Å². The molecule has 0 spiro atoms. The van der Waals surface area contributed by atoms with Crippen LogP contribution in [0.4, 0.5) is 0 Å². The van der Waals surface area contributed by atoms with Crippen LogP contribution in [0.5, 0.6) is 5.75 Å². The summed E-state index contributed by atoms with van der Waals surface area (Å²) in [5.41, 5.74) is 2.95. The highest BCUT2D eigenvalue weighted by molar-refractivity contribution is 5.45. The summed E-state index contributed by atoms with van der Waals surface area (Å²) in [4.78, 5) is 2.02. The Kier molecular flexibility index (Phi) is 6.28. The van der Waals surface area contributed by atoms with Gasteiger partial charge in [-0.2, -0.15) is 0 Å². The molecule has 1 atom stereocenters. The van der Waals surface area contributed by atoms with Crippen molar-refractivity contribution >= 4 is 0 Å². The predicted octanol–water partition coefficient (Wildman–Crippen LogP) is 1.66. The van der Waals surface area contributed by atoms with E-state index in [1.54, 1.807) is 7.11 Å². The molecular weight excluding hydrogens is 242 g/mol. The molecule has 0 aliphatic heterocycles. The van der Waals surface area contributed by atoms with Gasteiger partial charge >= 0.3 is 0 Å². The number of hydrogen-bond acceptors (Lipinski definition) is 4. The summed E-state index contributed by atoms with van der Waals surface area (Å²) in [5, 5.41) is 19.4. The van der Waals surface area contributed by atoms with Crippen LogP contribution >= 0.6 is 0 Å². The van der Waals surface area contributed by atoms with Gasteiger partial charge in [0.05, 0.1) is 19.8 Å². The quantitative estimate of drug-likeness (QED) is 0.789. The van der Waals surface area contributed by atoms with Gasteiger partial charge in [-0.3, -0.25) is 4.90 Å². The molecule has 1 rings (SSSR count). The first-order chi connectivity index (χ1) is 9.03. The molecule has 0 saturated heterocycles. The second-order valence-corrected chi connectivity index (χ2v) is 4.84. The third kappa shape index (κ3) is 4.20. The molecule has 19 heavy (non-hydrogen) atoms. The molecule has 0 heterocycles. The summed E-state index contributed by atoms with van der Waals surface area (Å²) in [6, 6.07) is 4.00. The predicted molar refractivity (Wildman–Crippen MR) is 76.6 cm³/mol. The van der Waals surface area contributed by atoms with Gasteiger partial charge in [-0.15, -0.1) is 0 Å². The van der Waals surface area contributed by atoms with E-state index in [0.29, 0.717) is 13.1 Å². The van der Waals surface area contributed by atoms with Gasteiger partial charge in [0.2, 0.25) is 0 Å². The number of hydrogen-bond donors (Lipinski definition) is 2. The second-order valence-electron chi connectivity index (χ2n) is 4.84. The first kappa shape index (κ1) is 16.0. The van der Waals surface area contributed by atoms with Crippen molar-refractivity contribution in [2.45, 2.75) is 26.9 Å². The summed E-state index contributed by atoms with van der Waals surface area (Å²) in [7, 11) is 1.62. The van der Waals surface area contributed by atoms with E-state index in [0.717, 1.165) is 29.0 Å². The fourth-order valence-corrected chi connectivity index (χ4v) is 2.38. The topological polar surface area (TPSA) is 52.9 Å². The molecule has 0 aromatic heterocycles. The molecule has 108 valence electrons. The van der Waals surface area contributed by atoms with Gasteiger partial charge in [0, 0.05) is 18.7 Å². The van der Waals surface area contributed by atoms with Crippen molar-refractivity contribution in [1.82, 2.24) is 4.90 Å². The maximum atomic E-state index is 10.4. The van der Waals surface area contributed by atoms with E-state index in [-0.39, 0.29) is 6.61 Å². The minimum Gasteiger partial charge on any atom is -0.496 e. The molecule has 0 bridgehead atoms. The van der Waals surface area contributed by atoms with Crippen LogP contribution in [0.3, 0.4) is 0 Å². The van der Waals surface area contributed by atoms with Crippen LogP contribution in [-0.4, -0.2) is 48.5 Å². The Morgan fingerprint density at radius 3 is 2.53 bits per heavy atom. The largest absolute Gasteiger partial charge is 0.496 e. The summed E-state index contributed by atoms with van der Waals surface area (Å²) in [5.74, 6) is 0.748. The Morgan fingerprint density at radius 1 is 1.32 bits per heavy atom. The number of ether oxygens (including phenoxy) is 1. The first-order valence-corrected chi connectivity index (χ1v) is 6.69. The molecule has 0 saturated carbocycles. The number of nitrogens with zero attached hydrogens (tertiary/aromatic N) is 1. The fraction of sp³-hybridized carbons (Fsp3) is 0.600. The van der Waals surface area contributed by atoms with Crippen molar-refractivity contribution in [3.63, 3.8) is 0 Å². The lowest BCUT2D eigenvalue weighted by atomic mass is 10.0. The van der Waals surface area contributed by atoms with Gasteiger partial charge < -0.3 is 14.9 Å². The zero-order valence-corrected chi connectivity index (χ0v) is 12.3. The molecule has 0 fully saturated rings. The molecular formula is C15H25NO3. The molecule has 1 aromatic rings. The van der Waals surface area contributed by atoms with Crippen LogP contribution in [0.25, 0.3) is 0 Å². The number of benzene rings is 1. The Labute approximate surface area is 115 Å². The van der Waals surface area contributed by atoms with Gasteiger partial charge in [0.15, 0.2) is 0 Å². The lowest BCUT2D eigenvalue weighted by Gasteiger charge is -2.24. The maximum absolute atomic E-state index is 10.4. The van der Waals surface area contributed by atoms with Crippen LogP contribution in [0, 0.1) is 13.8 Å². The average molecular weight is 267 g/mol. The number of aliphatic hydroxyl groups excluding tert-OH is 2.